The van der Waals surface area contributed by atoms with Gasteiger partial charge in [-0.3, -0.25) is 4.79 Å². The molecule has 0 aliphatic carbocycles. The van der Waals surface area contributed by atoms with Gasteiger partial charge in [0.25, 0.3) is 10.0 Å². The molecule has 1 aromatic carbocycles. The van der Waals surface area contributed by atoms with E-state index in [2.05, 4.69) is 10.6 Å². The molecular weight excluding hydrogens is 516 g/mol. The van der Waals surface area contributed by atoms with E-state index in [1.807, 2.05) is 20.8 Å². The van der Waals surface area contributed by atoms with Gasteiger partial charge in [0, 0.05) is 36.8 Å². The second kappa shape index (κ2) is 12.2. The third-order valence-electron chi connectivity index (χ3n) is 6.19. The number of nitrogens with one attached hydrogen (secondary N) is 2. The molecule has 12 heteroatoms. The quantitative estimate of drug-likeness (QED) is 0.462. The molecule has 0 bridgehead atoms. The Kier molecular flexibility index (Phi) is 9.57. The third-order valence-corrected chi connectivity index (χ3v) is 9.39. The van der Waals surface area contributed by atoms with Gasteiger partial charge in [0.2, 0.25) is 5.91 Å². The fourth-order valence-corrected chi connectivity index (χ4v) is 6.45. The Morgan fingerprint density at radius 1 is 1.30 bits per heavy atom. The number of benzene rings is 1. The molecule has 3 atom stereocenters. The van der Waals surface area contributed by atoms with E-state index in [-0.39, 0.29) is 54.2 Å². The highest BCUT2D eigenvalue weighted by molar-refractivity contribution is 7.91. The fourth-order valence-electron chi connectivity index (χ4n) is 4.07. The molecule has 37 heavy (non-hydrogen) atoms. The summed E-state index contributed by atoms with van der Waals surface area (Å²) in [4.78, 5) is 27.1. The molecular formula is C25H36N4O6S2. The van der Waals surface area contributed by atoms with Crippen LogP contribution in [-0.2, 0) is 21.2 Å². The van der Waals surface area contributed by atoms with E-state index in [4.69, 9.17) is 4.74 Å². The zero-order valence-corrected chi connectivity index (χ0v) is 23.4. The van der Waals surface area contributed by atoms with E-state index in [0.717, 1.165) is 11.3 Å². The number of fused-ring (bicyclic) bond motifs is 1. The van der Waals surface area contributed by atoms with Gasteiger partial charge in [0.1, 0.15) is 16.1 Å². The maximum Gasteiger partial charge on any atom is 0.319 e. The standard InChI is InChI=1S/C25H36N4O6S2/c1-16(2)26-25(32)27-20-8-9-21-19(11-20)12-23(31)29(18(4)15-30)13-17(3)22(35-21)14-28(5)37(33,34)24-7-6-10-36-24/h6-11,16-18,22,30H,12-15H2,1-5H3,(H2,26,27,32)/t17-,18+,22-/m0/s1. The normalized spacial score (nSPS) is 19.5. The summed E-state index contributed by atoms with van der Waals surface area (Å²) in [5.74, 6) is 0.00203. The number of thiophene rings is 1. The van der Waals surface area contributed by atoms with Crippen LogP contribution in [0.5, 0.6) is 5.75 Å². The van der Waals surface area contributed by atoms with Crippen LogP contribution >= 0.6 is 11.3 Å². The van der Waals surface area contributed by atoms with Crippen molar-refractivity contribution in [2.24, 2.45) is 5.92 Å². The van der Waals surface area contributed by atoms with Gasteiger partial charge < -0.3 is 25.4 Å². The van der Waals surface area contributed by atoms with Gasteiger partial charge in [-0.05, 0) is 50.4 Å². The number of nitrogens with zero attached hydrogens (tertiary/aromatic N) is 2. The van der Waals surface area contributed by atoms with Crippen LogP contribution < -0.4 is 15.4 Å². The van der Waals surface area contributed by atoms with Gasteiger partial charge in [0.15, 0.2) is 0 Å². The highest BCUT2D eigenvalue weighted by Gasteiger charge is 2.33. The van der Waals surface area contributed by atoms with Crippen LogP contribution in [0.3, 0.4) is 0 Å². The molecule has 0 saturated heterocycles. The number of amides is 3. The minimum Gasteiger partial charge on any atom is -0.488 e. The van der Waals surface area contributed by atoms with E-state index < -0.39 is 22.2 Å². The van der Waals surface area contributed by atoms with Crippen LogP contribution in [0, 0.1) is 5.92 Å². The second-order valence-corrected chi connectivity index (χ2v) is 12.9. The van der Waals surface area contributed by atoms with Crippen LogP contribution in [0.25, 0.3) is 0 Å². The zero-order chi connectivity index (χ0) is 27.3. The maximum atomic E-state index is 13.3. The SMILES string of the molecule is CC(C)NC(=O)Nc1ccc2c(c1)CC(=O)N([C@H](C)CO)C[C@H](C)[C@H](CN(C)S(=O)(=O)c1cccs1)O2. The van der Waals surface area contributed by atoms with Gasteiger partial charge in [0.05, 0.1) is 25.6 Å². The molecule has 1 aromatic heterocycles. The van der Waals surface area contributed by atoms with Crippen LogP contribution in [0.4, 0.5) is 10.5 Å². The summed E-state index contributed by atoms with van der Waals surface area (Å²) < 4.78 is 34.0. The number of carbonyl (C=O) groups is 2. The molecule has 1 aliphatic heterocycles. The minimum absolute atomic E-state index is 0.00374. The zero-order valence-electron chi connectivity index (χ0n) is 21.8. The molecule has 2 heterocycles. The first-order valence-corrected chi connectivity index (χ1v) is 14.5. The lowest BCUT2D eigenvalue weighted by molar-refractivity contribution is -0.134. The molecule has 1 aliphatic rings. The van der Waals surface area contributed by atoms with Gasteiger partial charge in [-0.25, -0.2) is 13.2 Å². The predicted octanol–water partition coefficient (Wildman–Crippen LogP) is 2.75. The van der Waals surface area contributed by atoms with E-state index in [1.165, 1.54) is 11.4 Å². The van der Waals surface area contributed by atoms with Gasteiger partial charge >= 0.3 is 6.03 Å². The Morgan fingerprint density at radius 2 is 2.03 bits per heavy atom. The second-order valence-electron chi connectivity index (χ2n) is 9.68. The number of aliphatic hydroxyl groups excluding tert-OH is 1. The first kappa shape index (κ1) is 28.9. The Hall–Kier alpha value is -2.67. The lowest BCUT2D eigenvalue weighted by atomic mass is 10.0. The van der Waals surface area contributed by atoms with Crippen molar-refractivity contribution in [3.05, 3.63) is 41.3 Å². The summed E-state index contributed by atoms with van der Waals surface area (Å²) >= 11 is 1.15. The first-order chi connectivity index (χ1) is 17.4. The monoisotopic (exact) mass is 552 g/mol. The summed E-state index contributed by atoms with van der Waals surface area (Å²) in [5.41, 5.74) is 1.06. The molecule has 3 amide bonds. The third kappa shape index (κ3) is 7.22. The molecule has 0 unspecified atom stereocenters. The van der Waals surface area contributed by atoms with Crippen molar-refractivity contribution in [2.75, 3.05) is 32.1 Å². The minimum atomic E-state index is -3.70. The molecule has 0 radical (unpaired) electrons. The van der Waals surface area contributed by atoms with Crippen LogP contribution in [0.2, 0.25) is 0 Å². The average molecular weight is 553 g/mol. The van der Waals surface area contributed by atoms with E-state index >= 15 is 0 Å². The Morgan fingerprint density at radius 3 is 2.65 bits per heavy atom. The summed E-state index contributed by atoms with van der Waals surface area (Å²) in [6.07, 6.45) is -0.579. The Bertz CT molecular complexity index is 1190. The molecule has 204 valence electrons. The number of hydrogen-bond acceptors (Lipinski definition) is 7. The lowest BCUT2D eigenvalue weighted by Crippen LogP contribution is -2.48. The molecule has 3 N–H and O–H groups in total. The average Bonchev–Trinajstić information content (AvgIpc) is 3.38. The van der Waals surface area contributed by atoms with Crippen LogP contribution in [0.15, 0.2) is 39.9 Å². The summed E-state index contributed by atoms with van der Waals surface area (Å²) in [6.45, 7) is 7.51. The van der Waals surface area contributed by atoms with Crippen molar-refractivity contribution in [2.45, 2.75) is 56.5 Å². The summed E-state index contributed by atoms with van der Waals surface area (Å²) in [7, 11) is -2.19. The molecule has 10 nitrogen and oxygen atoms in total. The number of likely N-dealkylation sites (N-methyl/N-ethyl adjacent to an activating group) is 1. The highest BCUT2D eigenvalue weighted by atomic mass is 32.2. The van der Waals surface area contributed by atoms with Crippen molar-refractivity contribution in [1.29, 1.82) is 0 Å². The number of aliphatic hydroxyl groups is 1. The van der Waals surface area contributed by atoms with Crippen LogP contribution in [0.1, 0.15) is 33.3 Å². The molecule has 0 spiro atoms. The Labute approximate surface area is 222 Å². The Balaban J connectivity index is 1.95. The summed E-state index contributed by atoms with van der Waals surface area (Å²) in [6, 6.07) is 7.47. The lowest BCUT2D eigenvalue weighted by Gasteiger charge is -2.33. The topological polar surface area (TPSA) is 128 Å². The maximum absolute atomic E-state index is 13.3. The van der Waals surface area contributed by atoms with E-state index in [1.54, 1.807) is 47.5 Å². The van der Waals surface area contributed by atoms with Crippen molar-refractivity contribution in [3.8, 4) is 5.75 Å². The molecule has 3 rings (SSSR count). The summed E-state index contributed by atoms with van der Waals surface area (Å²) in [5, 5.41) is 17.0. The van der Waals surface area contributed by atoms with E-state index in [0.29, 0.717) is 17.0 Å². The molecule has 0 saturated carbocycles. The smallest absolute Gasteiger partial charge is 0.319 e. The van der Waals surface area contributed by atoms with Crippen molar-refractivity contribution in [3.63, 3.8) is 0 Å². The fraction of sp³-hybridized carbons (Fsp3) is 0.520. The van der Waals surface area contributed by atoms with Crippen molar-refractivity contribution >= 4 is 39.0 Å². The highest BCUT2D eigenvalue weighted by Crippen LogP contribution is 2.30. The number of anilines is 1. The number of carbonyl (C=O) groups excluding carboxylic acids is 2. The number of ether oxygens (including phenoxy) is 1. The van der Waals surface area contributed by atoms with Crippen molar-refractivity contribution in [1.82, 2.24) is 14.5 Å². The number of rotatable bonds is 8. The van der Waals surface area contributed by atoms with Crippen LogP contribution in [-0.4, -0.2) is 79.6 Å². The number of sulfonamides is 1. The predicted molar refractivity (Wildman–Crippen MR) is 143 cm³/mol. The van der Waals surface area contributed by atoms with Gasteiger partial charge in [-0.15, -0.1) is 11.3 Å². The number of urea groups is 1. The number of hydrogen-bond donors (Lipinski definition) is 3. The van der Waals surface area contributed by atoms with Gasteiger partial charge in [-0.1, -0.05) is 13.0 Å². The first-order valence-electron chi connectivity index (χ1n) is 12.2. The molecule has 0 fully saturated rings. The van der Waals surface area contributed by atoms with Gasteiger partial charge in [-0.2, -0.15) is 4.31 Å². The largest absolute Gasteiger partial charge is 0.488 e. The molecule has 2 aromatic rings. The van der Waals surface area contributed by atoms with Crippen molar-refractivity contribution < 1.29 is 27.9 Å². The van der Waals surface area contributed by atoms with E-state index in [9.17, 15) is 23.1 Å².